The zero-order valence-electron chi connectivity index (χ0n) is 21.4. The number of non-ortho nitro benzene ring substituents is 1. The van der Waals surface area contributed by atoms with E-state index < -0.39 is 44.9 Å². The van der Waals surface area contributed by atoms with Crippen molar-refractivity contribution in [1.29, 1.82) is 0 Å². The Labute approximate surface area is 226 Å². The predicted octanol–water partition coefficient (Wildman–Crippen LogP) is 4.31. The van der Waals surface area contributed by atoms with Gasteiger partial charge in [-0.25, -0.2) is 8.42 Å². The number of hydrogen-bond donors (Lipinski definition) is 1. The number of aryl methyl sites for hydroxylation is 1. The molecule has 2 rings (SSSR count). The van der Waals surface area contributed by atoms with Crippen LogP contribution >= 0.6 is 23.2 Å². The van der Waals surface area contributed by atoms with Gasteiger partial charge < -0.3 is 10.2 Å². The maximum absolute atomic E-state index is 13.6. The molecule has 2 amide bonds. The number of carbonyl (C=O) groups excluding carboxylic acids is 2. The second-order valence-corrected chi connectivity index (χ2v) is 12.4. The highest BCUT2D eigenvalue weighted by Gasteiger charge is 2.32. The monoisotopic (exact) mass is 572 g/mol. The van der Waals surface area contributed by atoms with Gasteiger partial charge in [-0.05, 0) is 57.9 Å². The third-order valence-corrected chi connectivity index (χ3v) is 7.22. The first-order chi connectivity index (χ1) is 16.9. The molecule has 0 aliphatic heterocycles. The van der Waals surface area contributed by atoms with Crippen molar-refractivity contribution >= 4 is 56.4 Å². The summed E-state index contributed by atoms with van der Waals surface area (Å²) in [7, 11) is -4.05. The second kappa shape index (κ2) is 11.7. The van der Waals surface area contributed by atoms with E-state index in [0.29, 0.717) is 16.1 Å². The first-order valence-corrected chi connectivity index (χ1v) is 13.8. The van der Waals surface area contributed by atoms with Crippen LogP contribution in [0, 0.1) is 17.0 Å². The van der Waals surface area contributed by atoms with Crippen molar-refractivity contribution in [3.63, 3.8) is 0 Å². The van der Waals surface area contributed by atoms with E-state index in [2.05, 4.69) is 5.32 Å². The summed E-state index contributed by atoms with van der Waals surface area (Å²) in [5.41, 5.74) is 0.0651. The summed E-state index contributed by atoms with van der Waals surface area (Å²) < 4.78 is 26.3. The molecule has 2 aromatic carbocycles. The summed E-state index contributed by atoms with van der Waals surface area (Å²) in [6.45, 7) is 7.72. The lowest BCUT2D eigenvalue weighted by molar-refractivity contribution is -0.384. The van der Waals surface area contributed by atoms with Crippen LogP contribution in [0.3, 0.4) is 0 Å². The lowest BCUT2D eigenvalue weighted by Crippen LogP contribution is -2.54. The van der Waals surface area contributed by atoms with Gasteiger partial charge in [-0.3, -0.25) is 24.0 Å². The number of sulfonamides is 1. The Hall–Kier alpha value is -2.89. The Morgan fingerprint density at radius 3 is 2.24 bits per heavy atom. The summed E-state index contributed by atoms with van der Waals surface area (Å²) in [5.74, 6) is -1.14. The van der Waals surface area contributed by atoms with Gasteiger partial charge in [0, 0.05) is 24.2 Å². The molecule has 0 heterocycles. The zero-order chi connectivity index (χ0) is 28.3. The number of nitro benzene ring substituents is 1. The predicted molar refractivity (Wildman–Crippen MR) is 144 cm³/mol. The lowest BCUT2D eigenvalue weighted by Gasteiger charge is -2.33. The number of benzene rings is 2. The van der Waals surface area contributed by atoms with Crippen molar-refractivity contribution in [2.45, 2.75) is 52.7 Å². The molecule has 37 heavy (non-hydrogen) atoms. The van der Waals surface area contributed by atoms with Crippen LogP contribution in [0.1, 0.15) is 38.8 Å². The van der Waals surface area contributed by atoms with Crippen LogP contribution in [-0.4, -0.2) is 54.4 Å². The molecule has 0 bridgehead atoms. The number of carbonyl (C=O) groups is 2. The SMILES string of the molecule is Cc1ccc([N+](=O)[O-])cc1N(CC(=O)N(Cc1ccc(Cl)c(Cl)c1)[C@H](C)C(=O)NC(C)(C)C)S(C)(=O)=O. The van der Waals surface area contributed by atoms with Crippen LogP contribution in [-0.2, 0) is 26.2 Å². The van der Waals surface area contributed by atoms with Gasteiger partial charge >= 0.3 is 0 Å². The maximum atomic E-state index is 13.6. The van der Waals surface area contributed by atoms with E-state index in [1.165, 1.54) is 24.0 Å². The summed E-state index contributed by atoms with van der Waals surface area (Å²) >= 11 is 12.1. The van der Waals surface area contributed by atoms with Crippen molar-refractivity contribution in [2.75, 3.05) is 17.1 Å². The number of halogens is 2. The molecule has 1 atom stereocenters. The molecule has 0 saturated heterocycles. The maximum Gasteiger partial charge on any atom is 0.271 e. The Balaban J connectivity index is 2.52. The minimum Gasteiger partial charge on any atom is -0.350 e. The zero-order valence-corrected chi connectivity index (χ0v) is 23.7. The normalized spacial score (nSPS) is 12.5. The minimum atomic E-state index is -4.05. The van der Waals surface area contributed by atoms with E-state index in [0.717, 1.165) is 16.6 Å². The van der Waals surface area contributed by atoms with Gasteiger partial charge in [0.25, 0.3) is 5.69 Å². The van der Waals surface area contributed by atoms with Crippen molar-refractivity contribution < 1.29 is 22.9 Å². The fraction of sp³-hybridized carbons (Fsp3) is 0.417. The van der Waals surface area contributed by atoms with Crippen molar-refractivity contribution in [2.24, 2.45) is 0 Å². The lowest BCUT2D eigenvalue weighted by atomic mass is 10.1. The fourth-order valence-corrected chi connectivity index (χ4v) is 4.69. The summed E-state index contributed by atoms with van der Waals surface area (Å²) in [6, 6.07) is 7.51. The van der Waals surface area contributed by atoms with E-state index in [-0.39, 0.29) is 22.9 Å². The van der Waals surface area contributed by atoms with E-state index in [1.807, 2.05) is 0 Å². The van der Waals surface area contributed by atoms with Crippen LogP contribution < -0.4 is 9.62 Å². The molecule has 202 valence electrons. The molecule has 0 aromatic heterocycles. The molecular weight excluding hydrogens is 543 g/mol. The molecule has 0 spiro atoms. The van der Waals surface area contributed by atoms with Crippen LogP contribution in [0.5, 0.6) is 0 Å². The van der Waals surface area contributed by atoms with Crippen LogP contribution in [0.15, 0.2) is 36.4 Å². The van der Waals surface area contributed by atoms with Gasteiger partial charge in [-0.15, -0.1) is 0 Å². The average Bonchev–Trinajstić information content (AvgIpc) is 2.76. The number of hydrogen-bond acceptors (Lipinski definition) is 6. The first kappa shape index (κ1) is 30.3. The van der Waals surface area contributed by atoms with Crippen LogP contribution in [0.4, 0.5) is 11.4 Å². The number of nitro groups is 1. The molecule has 0 aliphatic rings. The quantitative estimate of drug-likeness (QED) is 0.352. The van der Waals surface area contributed by atoms with Crippen LogP contribution in [0.2, 0.25) is 10.0 Å². The molecule has 0 unspecified atom stereocenters. The number of rotatable bonds is 9. The molecule has 0 fully saturated rings. The van der Waals surface area contributed by atoms with Gasteiger partial charge in [-0.2, -0.15) is 0 Å². The largest absolute Gasteiger partial charge is 0.350 e. The molecule has 0 aliphatic carbocycles. The van der Waals surface area contributed by atoms with Crippen LogP contribution in [0.25, 0.3) is 0 Å². The standard InChI is InChI=1S/C24H30Cl2N4O6S/c1-15-7-9-18(30(33)34)12-21(15)29(37(6,35)36)14-22(31)28(16(2)23(32)27-24(3,4)5)13-17-8-10-19(25)20(26)11-17/h7-12,16H,13-14H2,1-6H3,(H,27,32)/t16-/m1/s1. The molecule has 10 nitrogen and oxygen atoms in total. The Morgan fingerprint density at radius 2 is 1.73 bits per heavy atom. The summed E-state index contributed by atoms with van der Waals surface area (Å²) in [4.78, 5) is 38.5. The number of amides is 2. The smallest absolute Gasteiger partial charge is 0.271 e. The average molecular weight is 573 g/mol. The molecular formula is C24H30Cl2N4O6S. The molecule has 0 radical (unpaired) electrons. The van der Waals surface area contributed by atoms with Gasteiger partial charge in [0.15, 0.2) is 0 Å². The second-order valence-electron chi connectivity index (χ2n) is 9.68. The first-order valence-electron chi connectivity index (χ1n) is 11.2. The third-order valence-electron chi connectivity index (χ3n) is 5.35. The molecule has 1 N–H and O–H groups in total. The minimum absolute atomic E-state index is 0.00802. The highest BCUT2D eigenvalue weighted by molar-refractivity contribution is 7.92. The van der Waals surface area contributed by atoms with E-state index in [4.69, 9.17) is 23.2 Å². The number of nitrogens with zero attached hydrogens (tertiary/aromatic N) is 3. The van der Waals surface area contributed by atoms with Gasteiger partial charge in [0.1, 0.15) is 12.6 Å². The summed E-state index contributed by atoms with van der Waals surface area (Å²) in [5, 5.41) is 14.7. The van der Waals surface area contributed by atoms with Gasteiger partial charge in [-0.1, -0.05) is 35.3 Å². The molecule has 0 saturated carbocycles. The van der Waals surface area contributed by atoms with Gasteiger partial charge in [0.05, 0.1) is 26.9 Å². The van der Waals surface area contributed by atoms with E-state index in [9.17, 15) is 28.1 Å². The van der Waals surface area contributed by atoms with Crippen molar-refractivity contribution in [3.05, 3.63) is 67.7 Å². The molecule has 13 heteroatoms. The highest BCUT2D eigenvalue weighted by atomic mass is 35.5. The number of anilines is 1. The van der Waals surface area contributed by atoms with E-state index in [1.54, 1.807) is 45.9 Å². The number of nitrogens with one attached hydrogen (secondary N) is 1. The third kappa shape index (κ3) is 8.31. The molecule has 2 aromatic rings. The Bertz CT molecular complexity index is 1310. The van der Waals surface area contributed by atoms with E-state index >= 15 is 0 Å². The Kier molecular flexibility index (Phi) is 9.56. The fourth-order valence-electron chi connectivity index (χ4n) is 3.47. The topological polar surface area (TPSA) is 130 Å². The summed E-state index contributed by atoms with van der Waals surface area (Å²) in [6.07, 6.45) is 0.900. The Morgan fingerprint density at radius 1 is 1.11 bits per heavy atom. The van der Waals surface area contributed by atoms with Crippen molar-refractivity contribution in [3.8, 4) is 0 Å². The highest BCUT2D eigenvalue weighted by Crippen LogP contribution is 2.28. The van der Waals surface area contributed by atoms with Gasteiger partial charge in [0.2, 0.25) is 21.8 Å². The van der Waals surface area contributed by atoms with Crippen molar-refractivity contribution in [1.82, 2.24) is 10.2 Å².